The molecule has 0 spiro atoms. The van der Waals surface area contributed by atoms with Crippen LogP contribution in [0.15, 0.2) is 41.0 Å². The molecular formula is C22H25N4O6+. The van der Waals surface area contributed by atoms with Gasteiger partial charge in [0, 0.05) is 0 Å². The Bertz CT molecular complexity index is 1130. The van der Waals surface area contributed by atoms with E-state index in [0.29, 0.717) is 54.3 Å². The van der Waals surface area contributed by atoms with Crippen LogP contribution in [0.25, 0.3) is 10.9 Å². The predicted octanol–water partition coefficient (Wildman–Crippen LogP) is 0.536. The maximum atomic E-state index is 12.9. The van der Waals surface area contributed by atoms with Crippen molar-refractivity contribution in [1.29, 1.82) is 0 Å². The number of amides is 2. The van der Waals surface area contributed by atoms with E-state index < -0.39 is 5.97 Å². The van der Waals surface area contributed by atoms with E-state index in [0.717, 1.165) is 4.90 Å². The number of rotatable bonds is 6. The Morgan fingerprint density at radius 3 is 2.59 bits per heavy atom. The van der Waals surface area contributed by atoms with Crippen molar-refractivity contribution in [1.82, 2.24) is 9.88 Å². The number of furan rings is 1. The number of nitrogens with zero attached hydrogens (tertiary/aromatic N) is 1. The molecule has 0 unspecified atom stereocenters. The number of hydrogen-bond donors (Lipinski definition) is 3. The molecule has 1 aliphatic heterocycles. The molecule has 1 aliphatic rings. The lowest BCUT2D eigenvalue weighted by Crippen LogP contribution is -3.15. The van der Waals surface area contributed by atoms with Crippen molar-refractivity contribution in [3.05, 3.63) is 48.0 Å². The van der Waals surface area contributed by atoms with Gasteiger partial charge in [0.1, 0.15) is 11.4 Å². The van der Waals surface area contributed by atoms with Crippen LogP contribution in [0.3, 0.4) is 0 Å². The summed E-state index contributed by atoms with van der Waals surface area (Å²) in [5.74, 6) is -0.137. The average molecular weight is 441 g/mol. The van der Waals surface area contributed by atoms with Gasteiger partial charge in [-0.2, -0.15) is 0 Å². The zero-order chi connectivity index (χ0) is 22.7. The van der Waals surface area contributed by atoms with E-state index >= 15 is 0 Å². The van der Waals surface area contributed by atoms with Crippen LogP contribution >= 0.6 is 0 Å². The van der Waals surface area contributed by atoms with Crippen molar-refractivity contribution < 1.29 is 33.2 Å². The van der Waals surface area contributed by atoms with Gasteiger partial charge >= 0.3 is 5.97 Å². The minimum atomic E-state index is -0.587. The summed E-state index contributed by atoms with van der Waals surface area (Å²) in [5, 5.41) is 3.46. The number of H-pyrrole nitrogens is 1. The molecule has 4 rings (SSSR count). The van der Waals surface area contributed by atoms with E-state index in [1.807, 2.05) is 0 Å². The number of carbonyl (C=O) groups excluding carboxylic acids is 3. The Morgan fingerprint density at radius 1 is 1.16 bits per heavy atom. The summed E-state index contributed by atoms with van der Waals surface area (Å²) in [6.45, 7) is 2.50. The van der Waals surface area contributed by atoms with E-state index in [2.05, 4.69) is 10.3 Å². The fraction of sp³-hybridized carbons (Fsp3) is 0.318. The molecule has 2 amide bonds. The zero-order valence-corrected chi connectivity index (χ0v) is 17.9. The van der Waals surface area contributed by atoms with Gasteiger partial charge in [0.15, 0.2) is 12.3 Å². The lowest BCUT2D eigenvalue weighted by molar-refractivity contribution is -0.895. The monoisotopic (exact) mass is 441 g/mol. The maximum Gasteiger partial charge on any atom is 0.356 e. The standard InChI is InChI=1S/C22H24N4O6/c1-30-15-6-3-5-14-18(15)19(20(23-14)22(29)31-2)24-17(27)13-25-8-10-26(11-9-25)21(28)16-7-4-12-32-16/h3-7,12,23H,8-11,13H2,1-2H3,(H,24,27)/p+1. The van der Waals surface area contributed by atoms with E-state index in [9.17, 15) is 14.4 Å². The Labute approximate surface area is 184 Å². The molecule has 1 aromatic carbocycles. The molecule has 1 fully saturated rings. The van der Waals surface area contributed by atoms with E-state index in [1.54, 1.807) is 35.2 Å². The SMILES string of the molecule is COC(=O)c1[nH]c2cccc(OC)c2c1NC(=O)C[NH+]1CCN(C(=O)c2ccco2)CC1. The highest BCUT2D eigenvalue weighted by Gasteiger charge is 2.28. The van der Waals surface area contributed by atoms with E-state index in [4.69, 9.17) is 13.9 Å². The first-order chi connectivity index (χ1) is 15.5. The number of fused-ring (bicyclic) bond motifs is 1. The van der Waals surface area contributed by atoms with Crippen LogP contribution in [0.5, 0.6) is 5.75 Å². The molecule has 2 aromatic heterocycles. The number of aromatic amines is 1. The summed E-state index contributed by atoms with van der Waals surface area (Å²) in [6.07, 6.45) is 1.47. The molecule has 0 atom stereocenters. The Kier molecular flexibility index (Phi) is 6.13. The third-order valence-corrected chi connectivity index (χ3v) is 5.56. The normalized spacial score (nSPS) is 14.4. The molecule has 0 saturated carbocycles. The summed E-state index contributed by atoms with van der Waals surface area (Å²) in [7, 11) is 2.81. The number of hydrogen-bond acceptors (Lipinski definition) is 6. The number of piperazine rings is 1. The average Bonchev–Trinajstić information content (AvgIpc) is 3.47. The van der Waals surface area contributed by atoms with Crippen LogP contribution in [0.2, 0.25) is 0 Å². The van der Waals surface area contributed by atoms with Gasteiger partial charge in [-0.05, 0) is 24.3 Å². The van der Waals surface area contributed by atoms with E-state index in [1.165, 1.54) is 20.5 Å². The summed E-state index contributed by atoms with van der Waals surface area (Å²) < 4.78 is 15.5. The lowest BCUT2D eigenvalue weighted by atomic mass is 10.2. The molecule has 0 radical (unpaired) electrons. The van der Waals surface area contributed by atoms with Crippen molar-refractivity contribution in [3.8, 4) is 5.75 Å². The number of nitrogens with one attached hydrogen (secondary N) is 3. The molecule has 1 saturated heterocycles. The summed E-state index contributed by atoms with van der Waals surface area (Å²) >= 11 is 0. The molecule has 10 nitrogen and oxygen atoms in total. The van der Waals surface area contributed by atoms with Gasteiger partial charge in [0.25, 0.3) is 11.8 Å². The van der Waals surface area contributed by atoms with Gasteiger partial charge in [-0.15, -0.1) is 0 Å². The van der Waals surface area contributed by atoms with Crippen LogP contribution in [-0.4, -0.2) is 74.6 Å². The molecule has 3 aromatic rings. The molecule has 0 bridgehead atoms. The maximum absolute atomic E-state index is 12.9. The molecular weight excluding hydrogens is 416 g/mol. The highest BCUT2D eigenvalue weighted by atomic mass is 16.5. The van der Waals surface area contributed by atoms with Crippen LogP contribution in [0.1, 0.15) is 21.0 Å². The second-order valence-electron chi connectivity index (χ2n) is 7.49. The predicted molar refractivity (Wildman–Crippen MR) is 115 cm³/mol. The number of anilines is 1. The van der Waals surface area contributed by atoms with Gasteiger partial charge < -0.3 is 34.0 Å². The van der Waals surface area contributed by atoms with Gasteiger partial charge in [0.05, 0.1) is 63.3 Å². The Hall–Kier alpha value is -3.79. The van der Waals surface area contributed by atoms with Crippen molar-refractivity contribution in [3.63, 3.8) is 0 Å². The summed E-state index contributed by atoms with van der Waals surface area (Å²) in [6, 6.07) is 8.66. The van der Waals surface area contributed by atoms with Gasteiger partial charge in [-0.3, -0.25) is 9.59 Å². The van der Waals surface area contributed by atoms with Crippen molar-refractivity contribution in [2.45, 2.75) is 0 Å². The first-order valence-electron chi connectivity index (χ1n) is 10.2. The second kappa shape index (κ2) is 9.15. The molecule has 32 heavy (non-hydrogen) atoms. The lowest BCUT2D eigenvalue weighted by Gasteiger charge is -2.31. The molecule has 3 N–H and O–H groups in total. The fourth-order valence-electron chi connectivity index (χ4n) is 3.94. The van der Waals surface area contributed by atoms with E-state index in [-0.39, 0.29) is 24.1 Å². The third-order valence-electron chi connectivity index (χ3n) is 5.56. The minimum Gasteiger partial charge on any atom is -0.496 e. The summed E-state index contributed by atoms with van der Waals surface area (Å²) in [4.78, 5) is 43.3. The zero-order valence-electron chi connectivity index (χ0n) is 17.9. The summed E-state index contributed by atoms with van der Waals surface area (Å²) in [5.41, 5.74) is 1.14. The minimum absolute atomic E-state index is 0.146. The van der Waals surface area contributed by atoms with Crippen LogP contribution in [0.4, 0.5) is 5.69 Å². The number of quaternary nitrogens is 1. The Morgan fingerprint density at radius 2 is 1.94 bits per heavy atom. The smallest absolute Gasteiger partial charge is 0.356 e. The van der Waals surface area contributed by atoms with Crippen LogP contribution < -0.4 is 15.0 Å². The first kappa shape index (κ1) is 21.4. The number of ether oxygens (including phenoxy) is 2. The number of methoxy groups -OCH3 is 2. The molecule has 0 aliphatic carbocycles. The van der Waals surface area contributed by atoms with Crippen molar-refractivity contribution >= 4 is 34.4 Å². The second-order valence-corrected chi connectivity index (χ2v) is 7.49. The number of benzene rings is 1. The molecule has 10 heteroatoms. The van der Waals surface area contributed by atoms with Crippen LogP contribution in [-0.2, 0) is 9.53 Å². The quantitative estimate of drug-likeness (QED) is 0.481. The first-order valence-corrected chi connectivity index (χ1v) is 10.2. The third kappa shape index (κ3) is 4.17. The largest absolute Gasteiger partial charge is 0.496 e. The highest BCUT2D eigenvalue weighted by molar-refractivity contribution is 6.13. The molecule has 168 valence electrons. The topological polar surface area (TPSA) is 118 Å². The Balaban J connectivity index is 1.44. The fourth-order valence-corrected chi connectivity index (χ4v) is 3.94. The number of esters is 1. The highest BCUT2D eigenvalue weighted by Crippen LogP contribution is 2.35. The van der Waals surface area contributed by atoms with Crippen molar-refractivity contribution in [2.75, 3.05) is 52.3 Å². The van der Waals surface area contributed by atoms with Crippen LogP contribution in [0, 0.1) is 0 Å². The number of carbonyl (C=O) groups is 3. The van der Waals surface area contributed by atoms with Gasteiger partial charge in [0.2, 0.25) is 0 Å². The number of aromatic nitrogens is 1. The van der Waals surface area contributed by atoms with Gasteiger partial charge in [-0.25, -0.2) is 4.79 Å². The molecule has 3 heterocycles. The van der Waals surface area contributed by atoms with Gasteiger partial charge in [-0.1, -0.05) is 6.07 Å². The van der Waals surface area contributed by atoms with Crippen molar-refractivity contribution in [2.24, 2.45) is 0 Å².